The average Bonchev–Trinajstić information content (AvgIpc) is 2.26. The van der Waals surface area contributed by atoms with Crippen molar-refractivity contribution >= 4 is 21.4 Å². The van der Waals surface area contributed by atoms with Crippen LogP contribution < -0.4 is 11.1 Å². The summed E-state index contributed by atoms with van der Waals surface area (Å²) in [7, 11) is -3.62. The Morgan fingerprint density at radius 2 is 2.17 bits per heavy atom. The van der Waals surface area contributed by atoms with Gasteiger partial charge in [0.05, 0.1) is 11.4 Å². The molecule has 1 aromatic rings. The summed E-state index contributed by atoms with van der Waals surface area (Å²) in [6.45, 7) is 3.62. The van der Waals surface area contributed by atoms with E-state index >= 15 is 0 Å². The summed E-state index contributed by atoms with van der Waals surface area (Å²) < 4.78 is 23.8. The Morgan fingerprint density at radius 3 is 2.72 bits per heavy atom. The Kier molecular flexibility index (Phi) is 4.66. The number of carbonyl (C=O) groups excluding carboxylic acids is 1. The maximum Gasteiger partial charge on any atom is 0.221 e. The summed E-state index contributed by atoms with van der Waals surface area (Å²) in [6.07, 6.45) is 1.26. The number of pyridine rings is 1. The summed E-state index contributed by atoms with van der Waals surface area (Å²) in [6, 6.07) is 3.01. The van der Waals surface area contributed by atoms with Gasteiger partial charge in [0, 0.05) is 18.7 Å². The lowest BCUT2D eigenvalue weighted by molar-refractivity contribution is -0.121. The second-order valence-electron chi connectivity index (χ2n) is 4.19. The predicted molar refractivity (Wildman–Crippen MR) is 68.6 cm³/mol. The summed E-state index contributed by atoms with van der Waals surface area (Å²) in [5, 5.41) is 2.46. The fourth-order valence-corrected chi connectivity index (χ4v) is 2.68. The minimum absolute atomic E-state index is 0.0138. The first-order valence-electron chi connectivity index (χ1n) is 5.55. The van der Waals surface area contributed by atoms with Crippen LogP contribution in [0.2, 0.25) is 0 Å². The van der Waals surface area contributed by atoms with E-state index in [9.17, 15) is 13.2 Å². The molecular formula is C11H17N3O3S. The number of hydrogen-bond donors (Lipinski definition) is 2. The highest BCUT2D eigenvalue weighted by atomic mass is 32.2. The van der Waals surface area contributed by atoms with Crippen LogP contribution in [0.4, 0.5) is 5.69 Å². The third-order valence-electron chi connectivity index (χ3n) is 2.14. The molecule has 0 unspecified atom stereocenters. The quantitative estimate of drug-likeness (QED) is 0.804. The topological polar surface area (TPSA) is 102 Å². The minimum Gasteiger partial charge on any atom is -0.396 e. The van der Waals surface area contributed by atoms with Gasteiger partial charge in [0.1, 0.15) is 0 Å². The molecule has 1 aromatic heterocycles. The molecule has 1 amide bonds. The van der Waals surface area contributed by atoms with E-state index in [1.807, 2.05) is 13.8 Å². The van der Waals surface area contributed by atoms with Crippen molar-refractivity contribution in [3.05, 3.63) is 18.3 Å². The summed E-state index contributed by atoms with van der Waals surface area (Å²) in [5.74, 6) is -0.602. The van der Waals surface area contributed by atoms with E-state index in [-0.39, 0.29) is 34.8 Å². The highest BCUT2D eigenvalue weighted by Crippen LogP contribution is 2.16. The van der Waals surface area contributed by atoms with Crippen LogP contribution in [0.5, 0.6) is 0 Å². The highest BCUT2D eigenvalue weighted by molar-refractivity contribution is 7.91. The third kappa shape index (κ3) is 3.99. The molecule has 7 heteroatoms. The van der Waals surface area contributed by atoms with Crippen molar-refractivity contribution in [3.63, 3.8) is 0 Å². The predicted octanol–water partition coefficient (Wildman–Crippen LogP) is 0.352. The van der Waals surface area contributed by atoms with Crippen molar-refractivity contribution < 1.29 is 13.2 Å². The molecule has 18 heavy (non-hydrogen) atoms. The van der Waals surface area contributed by atoms with Gasteiger partial charge in [-0.3, -0.25) is 4.79 Å². The first kappa shape index (κ1) is 14.4. The first-order valence-corrected chi connectivity index (χ1v) is 7.21. The van der Waals surface area contributed by atoms with Gasteiger partial charge in [0.2, 0.25) is 5.91 Å². The molecule has 0 aromatic carbocycles. The number of amides is 1. The molecule has 0 radical (unpaired) electrons. The number of carbonyl (C=O) groups is 1. The Morgan fingerprint density at radius 1 is 1.50 bits per heavy atom. The number of nitrogen functional groups attached to an aromatic ring is 1. The number of rotatable bonds is 5. The molecule has 6 nitrogen and oxygen atoms in total. The molecule has 1 heterocycles. The number of nitrogens with two attached hydrogens (primary N) is 1. The van der Waals surface area contributed by atoms with Gasteiger partial charge >= 0.3 is 0 Å². The van der Waals surface area contributed by atoms with Gasteiger partial charge in [-0.25, -0.2) is 13.4 Å². The van der Waals surface area contributed by atoms with Crippen LogP contribution in [0.1, 0.15) is 20.3 Å². The minimum atomic E-state index is -3.62. The van der Waals surface area contributed by atoms with Crippen molar-refractivity contribution in [3.8, 4) is 0 Å². The van der Waals surface area contributed by atoms with Crippen LogP contribution in [0, 0.1) is 0 Å². The van der Waals surface area contributed by atoms with Crippen molar-refractivity contribution in [2.45, 2.75) is 31.3 Å². The second-order valence-corrected chi connectivity index (χ2v) is 6.21. The lowest BCUT2D eigenvalue weighted by Crippen LogP contribution is -2.31. The zero-order valence-electron chi connectivity index (χ0n) is 10.4. The third-order valence-corrected chi connectivity index (χ3v) is 3.81. The molecule has 1 rings (SSSR count). The fraction of sp³-hybridized carbons (Fsp3) is 0.455. The molecule has 0 aliphatic heterocycles. The van der Waals surface area contributed by atoms with E-state index in [0.29, 0.717) is 0 Å². The van der Waals surface area contributed by atoms with Crippen molar-refractivity contribution in [2.75, 3.05) is 11.5 Å². The molecule has 0 aliphatic rings. The van der Waals surface area contributed by atoms with Crippen molar-refractivity contribution in [1.82, 2.24) is 10.3 Å². The van der Waals surface area contributed by atoms with Gasteiger partial charge in [-0.05, 0) is 26.0 Å². The molecule has 0 fully saturated rings. The maximum atomic E-state index is 11.9. The molecule has 100 valence electrons. The van der Waals surface area contributed by atoms with Gasteiger partial charge in [0.15, 0.2) is 14.9 Å². The maximum absolute atomic E-state index is 11.9. The molecule has 3 N–H and O–H groups in total. The molecule has 0 aliphatic carbocycles. The van der Waals surface area contributed by atoms with Gasteiger partial charge < -0.3 is 11.1 Å². The van der Waals surface area contributed by atoms with Gasteiger partial charge in [-0.2, -0.15) is 0 Å². The number of nitrogens with one attached hydrogen (secondary N) is 1. The monoisotopic (exact) mass is 271 g/mol. The van der Waals surface area contributed by atoms with Crippen molar-refractivity contribution in [1.29, 1.82) is 0 Å². The Hall–Kier alpha value is -1.63. The van der Waals surface area contributed by atoms with Crippen LogP contribution in [0.15, 0.2) is 23.4 Å². The summed E-state index contributed by atoms with van der Waals surface area (Å²) in [5.41, 5.74) is 5.65. The smallest absolute Gasteiger partial charge is 0.221 e. The molecule has 0 spiro atoms. The van der Waals surface area contributed by atoms with Gasteiger partial charge in [-0.15, -0.1) is 0 Å². The van der Waals surface area contributed by atoms with Gasteiger partial charge in [-0.1, -0.05) is 0 Å². The number of sulfone groups is 1. The van der Waals surface area contributed by atoms with E-state index in [1.54, 1.807) is 6.07 Å². The first-order chi connectivity index (χ1) is 8.33. The Labute approximate surface area is 107 Å². The van der Waals surface area contributed by atoms with E-state index in [0.717, 1.165) is 0 Å². The molecular weight excluding hydrogens is 254 g/mol. The SMILES string of the molecule is CC(C)NC(=O)CCS(=O)(=O)c1ncccc1N. The summed E-state index contributed by atoms with van der Waals surface area (Å²) >= 11 is 0. The van der Waals surface area contributed by atoms with E-state index in [1.165, 1.54) is 12.3 Å². The lowest BCUT2D eigenvalue weighted by Gasteiger charge is -2.09. The van der Waals surface area contributed by atoms with Crippen LogP contribution in [-0.4, -0.2) is 31.1 Å². The van der Waals surface area contributed by atoms with Crippen molar-refractivity contribution in [2.24, 2.45) is 0 Å². The van der Waals surface area contributed by atoms with E-state index in [4.69, 9.17) is 5.73 Å². The largest absolute Gasteiger partial charge is 0.396 e. The molecule has 0 atom stereocenters. The molecule has 0 saturated carbocycles. The lowest BCUT2D eigenvalue weighted by atomic mass is 10.3. The zero-order chi connectivity index (χ0) is 13.8. The second kappa shape index (κ2) is 5.81. The average molecular weight is 271 g/mol. The van der Waals surface area contributed by atoms with E-state index < -0.39 is 9.84 Å². The number of aromatic nitrogens is 1. The summed E-state index contributed by atoms with van der Waals surface area (Å²) in [4.78, 5) is 15.1. The van der Waals surface area contributed by atoms with Crippen LogP contribution in [0.25, 0.3) is 0 Å². The Balaban J connectivity index is 2.72. The fourth-order valence-electron chi connectivity index (χ4n) is 1.38. The van der Waals surface area contributed by atoms with E-state index in [2.05, 4.69) is 10.3 Å². The number of hydrogen-bond acceptors (Lipinski definition) is 5. The molecule has 0 saturated heterocycles. The normalized spacial score (nSPS) is 11.5. The highest BCUT2D eigenvalue weighted by Gasteiger charge is 2.20. The van der Waals surface area contributed by atoms with Crippen LogP contribution >= 0.6 is 0 Å². The molecule has 0 bridgehead atoms. The van der Waals surface area contributed by atoms with Crippen LogP contribution in [-0.2, 0) is 14.6 Å². The Bertz CT molecular complexity index is 526. The van der Waals surface area contributed by atoms with Gasteiger partial charge in [0.25, 0.3) is 0 Å². The number of anilines is 1. The number of nitrogens with zero attached hydrogens (tertiary/aromatic N) is 1. The standard InChI is InChI=1S/C11H17N3O3S/c1-8(2)14-10(15)5-7-18(16,17)11-9(12)4-3-6-13-11/h3-4,6,8H,5,7,12H2,1-2H3,(H,14,15). The van der Waals surface area contributed by atoms with Crippen LogP contribution in [0.3, 0.4) is 0 Å². The zero-order valence-corrected chi connectivity index (χ0v) is 11.2.